The molecule has 0 unspecified atom stereocenters. The number of aryl methyl sites for hydroxylation is 1. The molecule has 1 heterocycles. The van der Waals surface area contributed by atoms with E-state index in [0.717, 1.165) is 6.29 Å². The van der Waals surface area contributed by atoms with Gasteiger partial charge in [-0.3, -0.25) is 9.59 Å². The topological polar surface area (TPSA) is 77.1 Å². The highest BCUT2D eigenvalue weighted by Gasteiger charge is 2.04. The Morgan fingerprint density at radius 3 is 2.93 bits per heavy atom. The minimum absolute atomic E-state index is 0.143. The summed E-state index contributed by atoms with van der Waals surface area (Å²) in [6.45, 7) is 0.319. The zero-order chi connectivity index (χ0) is 10.6. The van der Waals surface area contributed by atoms with E-state index in [1.807, 2.05) is 0 Å². The molecule has 5 nitrogen and oxygen atoms in total. The molecule has 0 saturated heterocycles. The summed E-state index contributed by atoms with van der Waals surface area (Å²) in [7, 11) is 1.74. The zero-order valence-corrected chi connectivity index (χ0v) is 7.99. The molecule has 0 spiro atoms. The average molecular weight is 195 g/mol. The zero-order valence-electron chi connectivity index (χ0n) is 7.99. The molecular formula is C9H13N3O2. The molecule has 76 valence electrons. The number of rotatable bonds is 4. The number of aromatic nitrogens is 1. The summed E-state index contributed by atoms with van der Waals surface area (Å²) in [5, 5.41) is 2.64. The van der Waals surface area contributed by atoms with Crippen molar-refractivity contribution in [1.82, 2.24) is 4.57 Å². The fraction of sp³-hybridized carbons (Fsp3) is 0.333. The maximum Gasteiger partial charge on any atom is 0.225 e. The highest BCUT2D eigenvalue weighted by molar-refractivity contribution is 5.91. The highest BCUT2D eigenvalue weighted by Crippen LogP contribution is 2.10. The van der Waals surface area contributed by atoms with Crippen molar-refractivity contribution in [2.24, 2.45) is 12.8 Å². The molecule has 1 amide bonds. The van der Waals surface area contributed by atoms with Crippen LogP contribution in [0.2, 0.25) is 0 Å². The fourth-order valence-corrected chi connectivity index (χ4v) is 1.12. The molecule has 0 aromatic carbocycles. The SMILES string of the molecule is Cn1cc(NC(=O)CCN)cc1C=O. The van der Waals surface area contributed by atoms with Crippen molar-refractivity contribution in [2.45, 2.75) is 6.42 Å². The first-order valence-corrected chi connectivity index (χ1v) is 4.29. The summed E-state index contributed by atoms with van der Waals surface area (Å²) in [5.41, 5.74) is 6.36. The monoisotopic (exact) mass is 195 g/mol. The Kier molecular flexibility index (Phi) is 3.41. The van der Waals surface area contributed by atoms with E-state index >= 15 is 0 Å². The number of amides is 1. The van der Waals surface area contributed by atoms with Gasteiger partial charge in [0.2, 0.25) is 5.91 Å². The van der Waals surface area contributed by atoms with Crippen molar-refractivity contribution in [3.8, 4) is 0 Å². The van der Waals surface area contributed by atoms with E-state index in [0.29, 0.717) is 17.9 Å². The normalized spacial score (nSPS) is 9.86. The van der Waals surface area contributed by atoms with Gasteiger partial charge in [0.1, 0.15) is 0 Å². The lowest BCUT2D eigenvalue weighted by Gasteiger charge is -1.99. The lowest BCUT2D eigenvalue weighted by Crippen LogP contribution is -2.15. The molecule has 0 fully saturated rings. The number of hydrogen-bond acceptors (Lipinski definition) is 3. The summed E-state index contributed by atoms with van der Waals surface area (Å²) in [6.07, 6.45) is 2.70. The van der Waals surface area contributed by atoms with E-state index in [4.69, 9.17) is 5.73 Å². The maximum absolute atomic E-state index is 11.1. The van der Waals surface area contributed by atoms with Crippen LogP contribution in [0.25, 0.3) is 0 Å². The van der Waals surface area contributed by atoms with Gasteiger partial charge < -0.3 is 15.6 Å². The van der Waals surface area contributed by atoms with Crippen LogP contribution in [0.4, 0.5) is 5.69 Å². The largest absolute Gasteiger partial charge is 0.346 e. The smallest absolute Gasteiger partial charge is 0.225 e. The van der Waals surface area contributed by atoms with Gasteiger partial charge in [0, 0.05) is 26.2 Å². The third-order valence-electron chi connectivity index (χ3n) is 1.82. The van der Waals surface area contributed by atoms with Crippen molar-refractivity contribution in [3.63, 3.8) is 0 Å². The summed E-state index contributed by atoms with van der Waals surface area (Å²) >= 11 is 0. The first-order chi connectivity index (χ1) is 6.67. The second-order valence-electron chi connectivity index (χ2n) is 2.97. The van der Waals surface area contributed by atoms with Crippen LogP contribution in [0.15, 0.2) is 12.3 Å². The molecule has 0 aliphatic rings. The molecule has 0 saturated carbocycles. The van der Waals surface area contributed by atoms with Crippen LogP contribution < -0.4 is 11.1 Å². The second kappa shape index (κ2) is 4.57. The molecule has 0 aliphatic heterocycles. The average Bonchev–Trinajstić information content (AvgIpc) is 2.46. The summed E-state index contributed by atoms with van der Waals surface area (Å²) < 4.78 is 1.64. The van der Waals surface area contributed by atoms with Crippen molar-refractivity contribution < 1.29 is 9.59 Å². The number of carbonyl (C=O) groups excluding carboxylic acids is 2. The number of carbonyl (C=O) groups is 2. The predicted octanol–water partition coefficient (Wildman–Crippen LogP) is 0.125. The molecule has 0 radical (unpaired) electrons. The van der Waals surface area contributed by atoms with E-state index in [-0.39, 0.29) is 12.3 Å². The lowest BCUT2D eigenvalue weighted by atomic mass is 10.4. The number of nitrogens with two attached hydrogens (primary N) is 1. The highest BCUT2D eigenvalue weighted by atomic mass is 16.1. The Morgan fingerprint density at radius 1 is 1.71 bits per heavy atom. The van der Waals surface area contributed by atoms with E-state index in [1.54, 1.807) is 23.9 Å². The van der Waals surface area contributed by atoms with Gasteiger partial charge in [0.15, 0.2) is 6.29 Å². The van der Waals surface area contributed by atoms with Crippen molar-refractivity contribution in [1.29, 1.82) is 0 Å². The van der Waals surface area contributed by atoms with Crippen LogP contribution in [0.3, 0.4) is 0 Å². The minimum atomic E-state index is -0.143. The Balaban J connectivity index is 2.68. The number of nitrogens with zero attached hydrogens (tertiary/aromatic N) is 1. The third kappa shape index (κ3) is 2.43. The standard InChI is InChI=1S/C9H13N3O2/c1-12-5-7(4-8(12)6-13)11-9(14)2-3-10/h4-6H,2-3,10H2,1H3,(H,11,14). The lowest BCUT2D eigenvalue weighted by molar-refractivity contribution is -0.116. The van der Waals surface area contributed by atoms with Gasteiger partial charge >= 0.3 is 0 Å². The van der Waals surface area contributed by atoms with Crippen LogP contribution in [0.1, 0.15) is 16.9 Å². The van der Waals surface area contributed by atoms with Crippen molar-refractivity contribution >= 4 is 17.9 Å². The van der Waals surface area contributed by atoms with Gasteiger partial charge in [-0.05, 0) is 6.07 Å². The van der Waals surface area contributed by atoms with Crippen molar-refractivity contribution in [2.75, 3.05) is 11.9 Å². The summed E-state index contributed by atoms with van der Waals surface area (Å²) in [5.74, 6) is -0.143. The Labute approximate surface area is 81.9 Å². The second-order valence-corrected chi connectivity index (χ2v) is 2.97. The Hall–Kier alpha value is -1.62. The van der Waals surface area contributed by atoms with Gasteiger partial charge in [-0.1, -0.05) is 0 Å². The molecule has 5 heteroatoms. The van der Waals surface area contributed by atoms with Gasteiger partial charge in [0.25, 0.3) is 0 Å². The number of nitrogens with one attached hydrogen (secondary N) is 1. The molecular weight excluding hydrogens is 182 g/mol. The number of aldehydes is 1. The predicted molar refractivity (Wildman–Crippen MR) is 53.1 cm³/mol. The van der Waals surface area contributed by atoms with Crippen molar-refractivity contribution in [3.05, 3.63) is 18.0 Å². The molecule has 3 N–H and O–H groups in total. The first kappa shape index (κ1) is 10.5. The van der Waals surface area contributed by atoms with E-state index in [9.17, 15) is 9.59 Å². The quantitative estimate of drug-likeness (QED) is 0.670. The molecule has 0 atom stereocenters. The van der Waals surface area contributed by atoms with E-state index < -0.39 is 0 Å². The van der Waals surface area contributed by atoms with Crippen LogP contribution in [0.5, 0.6) is 0 Å². The molecule has 1 rings (SSSR count). The number of anilines is 1. The van der Waals surface area contributed by atoms with Gasteiger partial charge in [-0.25, -0.2) is 0 Å². The van der Waals surface area contributed by atoms with Crippen LogP contribution in [0, 0.1) is 0 Å². The molecule has 1 aromatic rings. The first-order valence-electron chi connectivity index (χ1n) is 4.29. The van der Waals surface area contributed by atoms with Crippen LogP contribution >= 0.6 is 0 Å². The van der Waals surface area contributed by atoms with Gasteiger partial charge in [-0.2, -0.15) is 0 Å². The molecule has 14 heavy (non-hydrogen) atoms. The van der Waals surface area contributed by atoms with Crippen LogP contribution in [-0.4, -0.2) is 23.3 Å². The summed E-state index contributed by atoms with van der Waals surface area (Å²) in [6, 6.07) is 1.61. The van der Waals surface area contributed by atoms with E-state index in [2.05, 4.69) is 5.32 Å². The van der Waals surface area contributed by atoms with Crippen LogP contribution in [-0.2, 0) is 11.8 Å². The molecule has 1 aromatic heterocycles. The maximum atomic E-state index is 11.1. The Morgan fingerprint density at radius 2 is 2.43 bits per heavy atom. The third-order valence-corrected chi connectivity index (χ3v) is 1.82. The minimum Gasteiger partial charge on any atom is -0.346 e. The number of hydrogen-bond donors (Lipinski definition) is 2. The van der Waals surface area contributed by atoms with Gasteiger partial charge in [0.05, 0.1) is 11.4 Å². The van der Waals surface area contributed by atoms with Gasteiger partial charge in [-0.15, -0.1) is 0 Å². The molecule has 0 aliphatic carbocycles. The summed E-state index contributed by atoms with van der Waals surface area (Å²) in [4.78, 5) is 21.6. The Bertz CT molecular complexity index is 344. The van der Waals surface area contributed by atoms with E-state index in [1.165, 1.54) is 0 Å². The fourth-order valence-electron chi connectivity index (χ4n) is 1.12. The molecule has 0 bridgehead atoms.